The predicted octanol–water partition coefficient (Wildman–Crippen LogP) is 3.31. The van der Waals surface area contributed by atoms with Crippen molar-refractivity contribution >= 4 is 17.3 Å². The number of benzene rings is 1. The van der Waals surface area contributed by atoms with Crippen molar-refractivity contribution in [3.8, 4) is 10.8 Å². The van der Waals surface area contributed by atoms with Crippen molar-refractivity contribution in [3.63, 3.8) is 0 Å². The van der Waals surface area contributed by atoms with E-state index in [1.165, 1.54) is 22.5 Å². The van der Waals surface area contributed by atoms with Crippen LogP contribution >= 0.6 is 11.3 Å². The number of thiazole rings is 1. The number of hydrogen-bond acceptors (Lipinski definition) is 6. The summed E-state index contributed by atoms with van der Waals surface area (Å²) in [6.07, 6.45) is 5.77. The molecule has 0 fully saturated rings. The first-order valence-electron chi connectivity index (χ1n) is 7.80. The molecule has 0 N–H and O–H groups in total. The van der Waals surface area contributed by atoms with Crippen molar-refractivity contribution in [2.45, 2.75) is 25.4 Å². The number of ether oxygens (including phenoxy) is 1. The van der Waals surface area contributed by atoms with E-state index in [4.69, 9.17) is 4.74 Å². The van der Waals surface area contributed by atoms with E-state index in [9.17, 15) is 4.79 Å². The average molecular weight is 337 g/mol. The van der Waals surface area contributed by atoms with Crippen molar-refractivity contribution in [3.05, 3.63) is 64.9 Å². The maximum atomic E-state index is 12.4. The second-order valence-corrected chi connectivity index (χ2v) is 6.51. The fourth-order valence-electron chi connectivity index (χ4n) is 2.86. The third-order valence-electron chi connectivity index (χ3n) is 4.05. The molecule has 0 saturated carbocycles. The van der Waals surface area contributed by atoms with E-state index in [0.29, 0.717) is 16.5 Å². The molecule has 1 aliphatic carbocycles. The molecular weight excluding hydrogens is 322 g/mol. The molecule has 0 bridgehead atoms. The Hall–Kier alpha value is -2.60. The first kappa shape index (κ1) is 15.0. The van der Waals surface area contributed by atoms with Crippen LogP contribution in [0.5, 0.6) is 0 Å². The van der Waals surface area contributed by atoms with Crippen LogP contribution in [0.1, 0.15) is 28.0 Å². The normalized spacial score (nSPS) is 16.4. The number of esters is 1. The SMILES string of the molecule is O=C(OC1CCc2ccccc2C1)c1csc(-c2ncccn2)n1. The molecule has 6 heteroatoms. The Kier molecular flexibility index (Phi) is 4.04. The third kappa shape index (κ3) is 3.05. The number of rotatable bonds is 3. The van der Waals surface area contributed by atoms with Crippen LogP contribution < -0.4 is 0 Å². The summed E-state index contributed by atoms with van der Waals surface area (Å²) < 4.78 is 5.65. The first-order chi connectivity index (χ1) is 11.8. The molecule has 120 valence electrons. The van der Waals surface area contributed by atoms with Gasteiger partial charge in [-0.25, -0.2) is 19.7 Å². The number of nitrogens with zero attached hydrogens (tertiary/aromatic N) is 3. The number of carbonyl (C=O) groups excluding carboxylic acids is 1. The fourth-order valence-corrected chi connectivity index (χ4v) is 3.59. The maximum absolute atomic E-state index is 12.4. The van der Waals surface area contributed by atoms with Gasteiger partial charge in [-0.2, -0.15) is 0 Å². The molecule has 1 aromatic carbocycles. The van der Waals surface area contributed by atoms with Crippen molar-refractivity contribution in [2.75, 3.05) is 0 Å². The van der Waals surface area contributed by atoms with E-state index >= 15 is 0 Å². The molecule has 24 heavy (non-hydrogen) atoms. The van der Waals surface area contributed by atoms with Gasteiger partial charge in [-0.3, -0.25) is 0 Å². The molecule has 2 heterocycles. The maximum Gasteiger partial charge on any atom is 0.358 e. The largest absolute Gasteiger partial charge is 0.457 e. The molecule has 0 radical (unpaired) electrons. The van der Waals surface area contributed by atoms with E-state index in [0.717, 1.165) is 19.3 Å². The molecule has 3 aromatic rings. The van der Waals surface area contributed by atoms with Crippen molar-refractivity contribution < 1.29 is 9.53 Å². The van der Waals surface area contributed by atoms with Crippen LogP contribution in [0.3, 0.4) is 0 Å². The highest BCUT2D eigenvalue weighted by molar-refractivity contribution is 7.13. The highest BCUT2D eigenvalue weighted by Crippen LogP contribution is 2.25. The second kappa shape index (κ2) is 6.49. The summed E-state index contributed by atoms with van der Waals surface area (Å²) in [6.45, 7) is 0. The minimum atomic E-state index is -0.377. The topological polar surface area (TPSA) is 65.0 Å². The molecule has 1 aliphatic rings. The van der Waals surface area contributed by atoms with Crippen LogP contribution in [0.2, 0.25) is 0 Å². The molecular formula is C18H15N3O2S. The minimum Gasteiger partial charge on any atom is -0.457 e. The van der Waals surface area contributed by atoms with Crippen molar-refractivity contribution in [1.82, 2.24) is 15.0 Å². The van der Waals surface area contributed by atoms with E-state index < -0.39 is 0 Å². The van der Waals surface area contributed by atoms with Crippen molar-refractivity contribution in [1.29, 1.82) is 0 Å². The summed E-state index contributed by atoms with van der Waals surface area (Å²) in [5.41, 5.74) is 2.93. The highest BCUT2D eigenvalue weighted by Gasteiger charge is 2.23. The van der Waals surface area contributed by atoms with Crippen LogP contribution in [-0.2, 0) is 17.6 Å². The molecule has 1 atom stereocenters. The molecule has 0 saturated heterocycles. The van der Waals surface area contributed by atoms with Crippen molar-refractivity contribution in [2.24, 2.45) is 0 Å². The lowest BCUT2D eigenvalue weighted by Crippen LogP contribution is -2.25. The fraction of sp³-hybridized carbons (Fsp3) is 0.222. The molecule has 5 nitrogen and oxygen atoms in total. The van der Waals surface area contributed by atoms with Gasteiger partial charge >= 0.3 is 5.97 Å². The van der Waals surface area contributed by atoms with Gasteiger partial charge in [-0.1, -0.05) is 24.3 Å². The monoisotopic (exact) mass is 337 g/mol. The number of fused-ring (bicyclic) bond motifs is 1. The van der Waals surface area contributed by atoms with E-state index in [-0.39, 0.29) is 12.1 Å². The van der Waals surface area contributed by atoms with Gasteiger partial charge in [0, 0.05) is 24.2 Å². The van der Waals surface area contributed by atoms with Gasteiger partial charge in [-0.05, 0) is 30.0 Å². The Morgan fingerprint density at radius 1 is 1.12 bits per heavy atom. The summed E-state index contributed by atoms with van der Waals surface area (Å²) in [6, 6.07) is 10.1. The van der Waals surface area contributed by atoms with E-state index in [2.05, 4.69) is 27.1 Å². The Labute approximate surface area is 143 Å². The zero-order valence-electron chi connectivity index (χ0n) is 12.9. The Bertz CT molecular complexity index is 863. The van der Waals surface area contributed by atoms with Gasteiger partial charge in [0.1, 0.15) is 6.10 Å². The predicted molar refractivity (Wildman–Crippen MR) is 90.8 cm³/mol. The van der Waals surface area contributed by atoms with Crippen LogP contribution in [0.15, 0.2) is 48.1 Å². The van der Waals surface area contributed by atoms with Gasteiger partial charge in [0.2, 0.25) is 0 Å². The quantitative estimate of drug-likeness (QED) is 0.686. The van der Waals surface area contributed by atoms with Gasteiger partial charge in [0.15, 0.2) is 16.5 Å². The zero-order valence-corrected chi connectivity index (χ0v) is 13.7. The summed E-state index contributed by atoms with van der Waals surface area (Å²) in [5, 5.41) is 2.32. The third-order valence-corrected chi connectivity index (χ3v) is 4.88. The molecule has 4 rings (SSSR count). The van der Waals surface area contributed by atoms with Gasteiger partial charge in [-0.15, -0.1) is 11.3 Å². The van der Waals surface area contributed by atoms with Crippen LogP contribution in [-0.4, -0.2) is 27.0 Å². The van der Waals surface area contributed by atoms with Crippen LogP contribution in [0.4, 0.5) is 0 Å². The average Bonchev–Trinajstić information content (AvgIpc) is 3.13. The molecule has 2 aromatic heterocycles. The lowest BCUT2D eigenvalue weighted by Gasteiger charge is -2.24. The summed E-state index contributed by atoms with van der Waals surface area (Å²) in [7, 11) is 0. The smallest absolute Gasteiger partial charge is 0.358 e. The second-order valence-electron chi connectivity index (χ2n) is 5.65. The summed E-state index contributed by atoms with van der Waals surface area (Å²) in [4.78, 5) is 25.0. The van der Waals surface area contributed by atoms with Crippen LogP contribution in [0.25, 0.3) is 10.8 Å². The summed E-state index contributed by atoms with van der Waals surface area (Å²) in [5.74, 6) is 0.144. The molecule has 0 amide bonds. The first-order valence-corrected chi connectivity index (χ1v) is 8.68. The van der Waals surface area contributed by atoms with E-state index in [1.807, 2.05) is 12.1 Å². The van der Waals surface area contributed by atoms with Crippen LogP contribution in [0, 0.1) is 0 Å². The van der Waals surface area contributed by atoms with Gasteiger partial charge in [0.05, 0.1) is 0 Å². The zero-order chi connectivity index (χ0) is 16.4. The number of hydrogen-bond donors (Lipinski definition) is 0. The molecule has 0 aliphatic heterocycles. The van der Waals surface area contributed by atoms with Gasteiger partial charge < -0.3 is 4.74 Å². The molecule has 1 unspecified atom stereocenters. The van der Waals surface area contributed by atoms with E-state index in [1.54, 1.807) is 23.8 Å². The minimum absolute atomic E-state index is 0.0921. The number of aryl methyl sites for hydroxylation is 1. The Morgan fingerprint density at radius 2 is 1.92 bits per heavy atom. The number of carbonyl (C=O) groups is 1. The Balaban J connectivity index is 1.45. The Morgan fingerprint density at radius 3 is 2.75 bits per heavy atom. The summed E-state index contributed by atoms with van der Waals surface area (Å²) >= 11 is 1.34. The lowest BCUT2D eigenvalue weighted by molar-refractivity contribution is 0.0265. The lowest BCUT2D eigenvalue weighted by atomic mass is 9.90. The van der Waals surface area contributed by atoms with Gasteiger partial charge in [0.25, 0.3) is 0 Å². The highest BCUT2D eigenvalue weighted by atomic mass is 32.1. The molecule has 0 spiro atoms. The standard InChI is InChI=1S/C18H15N3O2S/c22-18(15-11-24-17(21-15)16-19-8-3-9-20-16)23-14-7-6-12-4-1-2-5-13(12)10-14/h1-5,8-9,11,14H,6-7,10H2. The number of aromatic nitrogens is 3.